The minimum Gasteiger partial charge on any atom is -0.394 e. The number of amides is 1. The zero-order chi connectivity index (χ0) is 51.0. The average molecular weight is 992 g/mol. The normalized spacial score (nSPS) is 26.5. The number of ether oxygens (including phenoxy) is 4. The van der Waals surface area contributed by atoms with Crippen molar-refractivity contribution in [1.82, 2.24) is 5.32 Å². The van der Waals surface area contributed by atoms with E-state index in [0.717, 1.165) is 83.5 Å². The third-order valence-corrected chi connectivity index (χ3v) is 12.9. The maximum absolute atomic E-state index is 13.0. The Labute approximate surface area is 421 Å². The molecule has 1 amide bonds. The highest BCUT2D eigenvalue weighted by Crippen LogP contribution is 2.30. The van der Waals surface area contributed by atoms with Gasteiger partial charge in [-0.25, -0.2) is 0 Å². The van der Waals surface area contributed by atoms with Crippen LogP contribution in [0.1, 0.15) is 181 Å². The third kappa shape index (κ3) is 28.0. The predicted molar refractivity (Wildman–Crippen MR) is 277 cm³/mol. The SMILES string of the molecule is CC/C=C\C/C=C\C/C=C\C/C=C\C/C=C\C/C=C\CCCCCCCCCCCCCCCCC(=O)NC(COC1OC(CO)C(OC2OC(CO)C(O)C(O)C2O)C(O)C1O)C(O)CCCCC. The van der Waals surface area contributed by atoms with Gasteiger partial charge in [0, 0.05) is 6.42 Å². The second-order valence-corrected chi connectivity index (χ2v) is 19.0. The highest BCUT2D eigenvalue weighted by atomic mass is 16.7. The molecule has 12 unspecified atom stereocenters. The van der Waals surface area contributed by atoms with Crippen LogP contribution in [-0.2, 0) is 23.7 Å². The van der Waals surface area contributed by atoms with Crippen LogP contribution >= 0.6 is 0 Å². The molecule has 0 spiro atoms. The predicted octanol–water partition coefficient (Wildman–Crippen LogP) is 7.99. The molecule has 0 radical (unpaired) electrons. The van der Waals surface area contributed by atoms with Gasteiger partial charge in [-0.2, -0.15) is 0 Å². The average Bonchev–Trinajstić information content (AvgIpc) is 3.36. The molecule has 0 aromatic rings. The first-order valence-corrected chi connectivity index (χ1v) is 27.2. The Bertz CT molecular complexity index is 1450. The molecule has 0 aromatic carbocycles. The molecule has 2 fully saturated rings. The summed E-state index contributed by atoms with van der Waals surface area (Å²) < 4.78 is 22.5. The highest BCUT2D eigenvalue weighted by Gasteiger charge is 2.51. The first-order chi connectivity index (χ1) is 34.1. The first-order valence-electron chi connectivity index (χ1n) is 27.2. The van der Waals surface area contributed by atoms with Crippen molar-refractivity contribution in [2.45, 2.75) is 254 Å². The topological polar surface area (TPSA) is 228 Å². The summed E-state index contributed by atoms with van der Waals surface area (Å²) in [5, 5.41) is 86.1. The van der Waals surface area contributed by atoms with Crippen molar-refractivity contribution in [3.05, 3.63) is 72.9 Å². The van der Waals surface area contributed by atoms with Gasteiger partial charge in [0.25, 0.3) is 0 Å². The molecule has 0 aliphatic carbocycles. The highest BCUT2D eigenvalue weighted by molar-refractivity contribution is 5.76. The Hall–Kier alpha value is -2.57. The number of hydrogen-bond acceptors (Lipinski definition) is 13. The number of carbonyl (C=O) groups is 1. The number of carbonyl (C=O) groups excluding carboxylic acids is 1. The van der Waals surface area contributed by atoms with Crippen molar-refractivity contribution in [2.75, 3.05) is 19.8 Å². The number of aliphatic hydroxyl groups excluding tert-OH is 8. The molecular weight excluding hydrogens is 895 g/mol. The molecule has 2 heterocycles. The molecular formula is C56H97NO13. The number of aliphatic hydroxyl groups is 8. The van der Waals surface area contributed by atoms with E-state index in [4.69, 9.17) is 18.9 Å². The van der Waals surface area contributed by atoms with E-state index in [1.165, 1.54) is 70.6 Å². The summed E-state index contributed by atoms with van der Waals surface area (Å²) in [5.41, 5.74) is 0. The van der Waals surface area contributed by atoms with Crippen molar-refractivity contribution < 1.29 is 64.6 Å². The largest absolute Gasteiger partial charge is 0.394 e. The summed E-state index contributed by atoms with van der Waals surface area (Å²) >= 11 is 0. The van der Waals surface area contributed by atoms with Crippen LogP contribution in [-0.4, -0.2) is 140 Å². The number of hydrogen-bond donors (Lipinski definition) is 9. The number of rotatable bonds is 41. The molecule has 14 nitrogen and oxygen atoms in total. The van der Waals surface area contributed by atoms with Crippen molar-refractivity contribution in [3.8, 4) is 0 Å². The van der Waals surface area contributed by atoms with Gasteiger partial charge >= 0.3 is 0 Å². The van der Waals surface area contributed by atoms with E-state index < -0.39 is 86.8 Å². The van der Waals surface area contributed by atoms with Crippen molar-refractivity contribution in [1.29, 1.82) is 0 Å². The molecule has 2 saturated heterocycles. The van der Waals surface area contributed by atoms with Gasteiger partial charge in [0.15, 0.2) is 12.6 Å². The van der Waals surface area contributed by atoms with E-state index in [2.05, 4.69) is 85.2 Å². The van der Waals surface area contributed by atoms with Gasteiger partial charge in [0.2, 0.25) is 5.91 Å². The minimum atomic E-state index is -1.78. The lowest BCUT2D eigenvalue weighted by atomic mass is 9.97. The van der Waals surface area contributed by atoms with Gasteiger partial charge in [-0.3, -0.25) is 4.79 Å². The van der Waals surface area contributed by atoms with Crippen LogP contribution in [0.4, 0.5) is 0 Å². The Morgan fingerprint density at radius 1 is 0.529 bits per heavy atom. The summed E-state index contributed by atoms with van der Waals surface area (Å²) in [6.45, 7) is 2.54. The molecule has 70 heavy (non-hydrogen) atoms. The molecule has 2 rings (SSSR count). The maximum Gasteiger partial charge on any atom is 0.220 e. The van der Waals surface area contributed by atoms with Crippen LogP contribution < -0.4 is 5.32 Å². The van der Waals surface area contributed by atoms with Gasteiger partial charge in [0.05, 0.1) is 32.0 Å². The van der Waals surface area contributed by atoms with Crippen LogP contribution in [0.3, 0.4) is 0 Å². The maximum atomic E-state index is 13.0. The van der Waals surface area contributed by atoms with Gasteiger partial charge in [-0.05, 0) is 64.2 Å². The van der Waals surface area contributed by atoms with E-state index in [1.54, 1.807) is 0 Å². The fourth-order valence-corrected chi connectivity index (χ4v) is 8.53. The summed E-state index contributed by atoms with van der Waals surface area (Å²) in [6, 6.07) is -0.827. The molecule has 404 valence electrons. The zero-order valence-electron chi connectivity index (χ0n) is 43.0. The van der Waals surface area contributed by atoms with Crippen LogP contribution in [0.25, 0.3) is 0 Å². The van der Waals surface area contributed by atoms with Crippen LogP contribution in [0.5, 0.6) is 0 Å². The monoisotopic (exact) mass is 992 g/mol. The van der Waals surface area contributed by atoms with E-state index in [-0.39, 0.29) is 12.5 Å². The van der Waals surface area contributed by atoms with E-state index in [1.807, 2.05) is 6.92 Å². The molecule has 2 aliphatic heterocycles. The van der Waals surface area contributed by atoms with Crippen molar-refractivity contribution in [2.24, 2.45) is 0 Å². The van der Waals surface area contributed by atoms with E-state index >= 15 is 0 Å². The van der Waals surface area contributed by atoms with Gasteiger partial charge < -0.3 is 65.1 Å². The second kappa shape index (κ2) is 41.9. The zero-order valence-corrected chi connectivity index (χ0v) is 43.0. The molecule has 0 bridgehead atoms. The fourth-order valence-electron chi connectivity index (χ4n) is 8.53. The Kier molecular flexibility index (Phi) is 38.0. The first kappa shape index (κ1) is 63.5. The quantitative estimate of drug-likeness (QED) is 0.0209. The Balaban J connectivity index is 1.53. The van der Waals surface area contributed by atoms with Crippen LogP contribution in [0.2, 0.25) is 0 Å². The van der Waals surface area contributed by atoms with Gasteiger partial charge in [0.1, 0.15) is 48.8 Å². The summed E-state index contributed by atoms with van der Waals surface area (Å²) in [4.78, 5) is 13.0. The summed E-state index contributed by atoms with van der Waals surface area (Å²) in [7, 11) is 0. The Morgan fingerprint density at radius 2 is 0.986 bits per heavy atom. The van der Waals surface area contributed by atoms with Gasteiger partial charge in [-0.15, -0.1) is 0 Å². The number of allylic oxidation sites excluding steroid dienone is 12. The molecule has 12 atom stereocenters. The van der Waals surface area contributed by atoms with Crippen molar-refractivity contribution in [3.63, 3.8) is 0 Å². The second-order valence-electron chi connectivity index (χ2n) is 19.0. The molecule has 9 N–H and O–H groups in total. The van der Waals surface area contributed by atoms with E-state index in [0.29, 0.717) is 12.8 Å². The standard InChI is InChI=1S/C56H97NO13/c1-3-5-7-8-9-10-11-12-13-14-15-16-17-18-19-20-21-22-23-24-25-26-27-28-29-30-31-32-33-34-35-36-38-40-48(61)57-44(45(60)39-37-6-4-2)43-67-55-53(66)51(64)54(47(42-59)69-55)70-56-52(65)50(63)49(62)46(41-58)68-56/h5,7,9-10,12-13,15-16,18-19,21-22,44-47,49-56,58-60,62-66H,3-4,6,8,11,14,17,20,23-43H2,1-2H3,(H,57,61)/b7-5-,10-9-,13-12-,16-15-,19-18-,22-21-. The molecule has 0 saturated carbocycles. The van der Waals surface area contributed by atoms with E-state index in [9.17, 15) is 45.6 Å². The lowest BCUT2D eigenvalue weighted by molar-refractivity contribution is -0.359. The van der Waals surface area contributed by atoms with Crippen LogP contribution in [0, 0.1) is 0 Å². The lowest BCUT2D eigenvalue weighted by Gasteiger charge is -2.46. The molecule has 14 heteroatoms. The minimum absolute atomic E-state index is 0.223. The van der Waals surface area contributed by atoms with Crippen molar-refractivity contribution >= 4 is 5.91 Å². The number of unbranched alkanes of at least 4 members (excludes halogenated alkanes) is 16. The summed E-state index contributed by atoms with van der Waals surface area (Å²) in [6.07, 6.45) is 37.5. The molecule has 0 aromatic heterocycles. The van der Waals surface area contributed by atoms with Crippen LogP contribution in [0.15, 0.2) is 72.9 Å². The smallest absolute Gasteiger partial charge is 0.220 e. The number of nitrogens with one attached hydrogen (secondary N) is 1. The Morgan fingerprint density at radius 3 is 1.49 bits per heavy atom. The fraction of sp³-hybridized carbons (Fsp3) is 0.768. The summed E-state index contributed by atoms with van der Waals surface area (Å²) in [5.74, 6) is -0.223. The lowest BCUT2D eigenvalue weighted by Crippen LogP contribution is -2.65. The van der Waals surface area contributed by atoms with Gasteiger partial charge in [-0.1, -0.05) is 183 Å². The third-order valence-electron chi connectivity index (χ3n) is 12.9. The molecule has 2 aliphatic rings.